The van der Waals surface area contributed by atoms with Crippen molar-refractivity contribution in [1.82, 2.24) is 15.0 Å². The molecule has 0 saturated heterocycles. The Labute approximate surface area is 168 Å². The van der Waals surface area contributed by atoms with E-state index < -0.39 is 0 Å². The Kier molecular flexibility index (Phi) is 6.18. The zero-order valence-corrected chi connectivity index (χ0v) is 16.6. The summed E-state index contributed by atoms with van der Waals surface area (Å²) in [5, 5.41) is 6.77. The average molecular weight is 398 g/mol. The predicted octanol–water partition coefficient (Wildman–Crippen LogP) is 3.43. The summed E-state index contributed by atoms with van der Waals surface area (Å²) in [5.74, 6) is 2.52. The Morgan fingerprint density at radius 3 is 2.59 bits per heavy atom. The van der Waals surface area contributed by atoms with Crippen molar-refractivity contribution >= 4 is 11.7 Å². The summed E-state index contributed by atoms with van der Waals surface area (Å²) in [6.45, 7) is 0.149. The van der Waals surface area contributed by atoms with Gasteiger partial charge in [-0.15, -0.1) is 0 Å². The zero-order valence-electron chi connectivity index (χ0n) is 16.6. The Hall–Kier alpha value is -3.75. The van der Waals surface area contributed by atoms with Crippen molar-refractivity contribution in [2.24, 2.45) is 0 Å². The minimum atomic E-state index is -0.316. The van der Waals surface area contributed by atoms with E-state index in [1.165, 1.54) is 4.90 Å². The lowest BCUT2D eigenvalue weighted by Gasteiger charge is -2.16. The van der Waals surface area contributed by atoms with Crippen LogP contribution < -0.4 is 19.5 Å². The van der Waals surface area contributed by atoms with Crippen molar-refractivity contribution in [1.29, 1.82) is 0 Å². The van der Waals surface area contributed by atoms with E-state index in [4.69, 9.17) is 18.7 Å². The molecule has 0 aliphatic rings. The van der Waals surface area contributed by atoms with Crippen molar-refractivity contribution < 1.29 is 23.5 Å². The molecule has 0 fully saturated rings. The lowest BCUT2D eigenvalue weighted by atomic mass is 10.2. The summed E-state index contributed by atoms with van der Waals surface area (Å²) in [6.07, 6.45) is 0. The van der Waals surface area contributed by atoms with E-state index in [9.17, 15) is 4.79 Å². The predicted molar refractivity (Wildman–Crippen MR) is 106 cm³/mol. The number of amides is 2. The van der Waals surface area contributed by atoms with E-state index >= 15 is 0 Å². The lowest BCUT2D eigenvalue weighted by Crippen LogP contribution is -2.30. The van der Waals surface area contributed by atoms with E-state index in [-0.39, 0.29) is 12.6 Å². The van der Waals surface area contributed by atoms with E-state index in [0.29, 0.717) is 40.2 Å². The Morgan fingerprint density at radius 2 is 1.86 bits per heavy atom. The van der Waals surface area contributed by atoms with E-state index in [2.05, 4.69) is 15.5 Å². The van der Waals surface area contributed by atoms with Crippen LogP contribution >= 0.6 is 0 Å². The van der Waals surface area contributed by atoms with E-state index in [1.54, 1.807) is 70.8 Å². The summed E-state index contributed by atoms with van der Waals surface area (Å²) < 4.78 is 21.0. The molecule has 2 aromatic carbocycles. The SMILES string of the molecule is COc1cccc(NC(=O)N(C)Cc2nc(-c3ccc(OC)c(OC)c3)no2)c1. The summed E-state index contributed by atoms with van der Waals surface area (Å²) >= 11 is 0. The van der Waals surface area contributed by atoms with Gasteiger partial charge in [-0.25, -0.2) is 4.79 Å². The molecular formula is C20H22N4O5. The van der Waals surface area contributed by atoms with Crippen LogP contribution in [0.2, 0.25) is 0 Å². The molecule has 0 aliphatic heterocycles. The van der Waals surface area contributed by atoms with Crippen molar-refractivity contribution in [3.8, 4) is 28.6 Å². The molecule has 9 nitrogen and oxygen atoms in total. The number of hydrogen-bond acceptors (Lipinski definition) is 7. The number of benzene rings is 2. The summed E-state index contributed by atoms with van der Waals surface area (Å²) in [4.78, 5) is 18.2. The summed E-state index contributed by atoms with van der Waals surface area (Å²) in [7, 11) is 6.32. The van der Waals surface area contributed by atoms with Crippen LogP contribution in [0.25, 0.3) is 11.4 Å². The highest BCUT2D eigenvalue weighted by Crippen LogP contribution is 2.31. The highest BCUT2D eigenvalue weighted by atomic mass is 16.5. The molecule has 152 valence electrons. The van der Waals surface area contributed by atoms with Crippen LogP contribution in [0.1, 0.15) is 5.89 Å². The van der Waals surface area contributed by atoms with Crippen molar-refractivity contribution in [2.45, 2.75) is 6.54 Å². The second-order valence-corrected chi connectivity index (χ2v) is 6.10. The van der Waals surface area contributed by atoms with Crippen LogP contribution in [0.5, 0.6) is 17.2 Å². The molecule has 0 atom stereocenters. The molecular weight excluding hydrogens is 376 g/mol. The van der Waals surface area contributed by atoms with Gasteiger partial charge in [-0.3, -0.25) is 0 Å². The number of carbonyl (C=O) groups is 1. The molecule has 9 heteroatoms. The first-order valence-electron chi connectivity index (χ1n) is 8.75. The van der Waals surface area contributed by atoms with Gasteiger partial charge < -0.3 is 29.0 Å². The third kappa shape index (κ3) is 4.75. The Balaban J connectivity index is 1.66. The molecule has 3 aromatic rings. The first-order chi connectivity index (χ1) is 14.0. The number of carbonyl (C=O) groups excluding carboxylic acids is 1. The van der Waals surface area contributed by atoms with Crippen LogP contribution in [0.4, 0.5) is 10.5 Å². The highest BCUT2D eigenvalue weighted by Gasteiger charge is 2.16. The Morgan fingerprint density at radius 1 is 1.07 bits per heavy atom. The number of urea groups is 1. The maximum Gasteiger partial charge on any atom is 0.322 e. The van der Waals surface area contributed by atoms with Gasteiger partial charge in [0, 0.05) is 24.4 Å². The molecule has 2 amide bonds. The first-order valence-corrected chi connectivity index (χ1v) is 8.75. The van der Waals surface area contributed by atoms with Gasteiger partial charge in [-0.05, 0) is 30.3 Å². The fourth-order valence-corrected chi connectivity index (χ4v) is 2.61. The molecule has 0 saturated carbocycles. The largest absolute Gasteiger partial charge is 0.497 e. The number of nitrogens with one attached hydrogen (secondary N) is 1. The van der Waals surface area contributed by atoms with Crippen LogP contribution in [0, 0.1) is 0 Å². The van der Waals surface area contributed by atoms with Crippen LogP contribution in [-0.4, -0.2) is 49.4 Å². The molecule has 0 radical (unpaired) electrons. The number of nitrogens with zero attached hydrogens (tertiary/aromatic N) is 3. The Bertz CT molecular complexity index is 989. The zero-order chi connectivity index (χ0) is 20.8. The molecule has 1 N–H and O–H groups in total. The second kappa shape index (κ2) is 8.96. The van der Waals surface area contributed by atoms with Crippen LogP contribution in [0.15, 0.2) is 47.0 Å². The van der Waals surface area contributed by atoms with Gasteiger partial charge in [0.25, 0.3) is 0 Å². The minimum Gasteiger partial charge on any atom is -0.497 e. The molecule has 1 heterocycles. The highest BCUT2D eigenvalue weighted by molar-refractivity contribution is 5.89. The lowest BCUT2D eigenvalue weighted by molar-refractivity contribution is 0.213. The monoisotopic (exact) mass is 398 g/mol. The summed E-state index contributed by atoms with van der Waals surface area (Å²) in [6, 6.07) is 12.1. The molecule has 0 aliphatic carbocycles. The first kappa shape index (κ1) is 20.0. The number of hydrogen-bond donors (Lipinski definition) is 1. The second-order valence-electron chi connectivity index (χ2n) is 6.10. The fraction of sp³-hybridized carbons (Fsp3) is 0.250. The smallest absolute Gasteiger partial charge is 0.322 e. The summed E-state index contributed by atoms with van der Waals surface area (Å²) in [5.41, 5.74) is 1.33. The van der Waals surface area contributed by atoms with Crippen molar-refractivity contribution in [3.05, 3.63) is 48.4 Å². The van der Waals surface area contributed by atoms with Gasteiger partial charge in [0.05, 0.1) is 21.3 Å². The van der Waals surface area contributed by atoms with Gasteiger partial charge in [-0.1, -0.05) is 11.2 Å². The maximum atomic E-state index is 12.4. The number of rotatable bonds is 7. The van der Waals surface area contributed by atoms with E-state index in [1.807, 2.05) is 0 Å². The number of anilines is 1. The van der Waals surface area contributed by atoms with Gasteiger partial charge in [0.15, 0.2) is 11.5 Å². The molecule has 1 aromatic heterocycles. The maximum absolute atomic E-state index is 12.4. The molecule has 0 bridgehead atoms. The normalized spacial score (nSPS) is 10.3. The van der Waals surface area contributed by atoms with Crippen LogP contribution in [-0.2, 0) is 6.54 Å². The topological polar surface area (TPSA) is 99.0 Å². The molecule has 29 heavy (non-hydrogen) atoms. The number of aromatic nitrogens is 2. The van der Waals surface area contributed by atoms with Gasteiger partial charge in [0.2, 0.25) is 11.7 Å². The van der Waals surface area contributed by atoms with Gasteiger partial charge in [-0.2, -0.15) is 4.98 Å². The number of methoxy groups -OCH3 is 3. The van der Waals surface area contributed by atoms with Gasteiger partial charge >= 0.3 is 6.03 Å². The van der Waals surface area contributed by atoms with Crippen LogP contribution in [0.3, 0.4) is 0 Å². The van der Waals surface area contributed by atoms with Gasteiger partial charge in [0.1, 0.15) is 12.3 Å². The molecule has 3 rings (SSSR count). The van der Waals surface area contributed by atoms with E-state index in [0.717, 1.165) is 0 Å². The van der Waals surface area contributed by atoms with Crippen molar-refractivity contribution in [3.63, 3.8) is 0 Å². The fourth-order valence-electron chi connectivity index (χ4n) is 2.61. The molecule has 0 spiro atoms. The average Bonchev–Trinajstić information content (AvgIpc) is 3.21. The minimum absolute atomic E-state index is 0.149. The molecule has 0 unspecified atom stereocenters. The third-order valence-corrected chi connectivity index (χ3v) is 4.15. The number of ether oxygens (including phenoxy) is 3. The standard InChI is InChI=1S/C20H22N4O5/c1-24(20(25)21-14-6-5-7-15(11-14)26-2)12-18-22-19(23-29-18)13-8-9-16(27-3)17(10-13)28-4/h5-11H,12H2,1-4H3,(H,21,25). The quantitative estimate of drug-likeness (QED) is 0.651. The third-order valence-electron chi connectivity index (χ3n) is 4.15. The van der Waals surface area contributed by atoms with Crippen molar-refractivity contribution in [2.75, 3.05) is 33.7 Å².